The van der Waals surface area contributed by atoms with E-state index < -0.39 is 5.91 Å². The van der Waals surface area contributed by atoms with Crippen LogP contribution in [0.15, 0.2) is 18.2 Å². The molecule has 0 radical (unpaired) electrons. The van der Waals surface area contributed by atoms with E-state index in [4.69, 9.17) is 15.2 Å². The Bertz CT molecular complexity index is 428. The molecule has 1 aliphatic rings. The van der Waals surface area contributed by atoms with Gasteiger partial charge in [-0.25, -0.2) is 0 Å². The number of anilines is 1. The Morgan fingerprint density at radius 1 is 1.44 bits per heavy atom. The first kappa shape index (κ1) is 12.7. The lowest BCUT2D eigenvalue weighted by molar-refractivity contribution is 0.0904. The van der Waals surface area contributed by atoms with Crippen LogP contribution in [0.4, 0.5) is 5.69 Å². The summed E-state index contributed by atoms with van der Waals surface area (Å²) in [6.07, 6.45) is 1.85. The van der Waals surface area contributed by atoms with Crippen molar-refractivity contribution in [1.82, 2.24) is 0 Å². The second-order valence-electron chi connectivity index (χ2n) is 4.28. The average molecular weight is 250 g/mol. The number of hydrogen-bond acceptors (Lipinski definition) is 4. The van der Waals surface area contributed by atoms with Gasteiger partial charge in [-0.15, -0.1) is 0 Å². The Morgan fingerprint density at radius 2 is 2.17 bits per heavy atom. The van der Waals surface area contributed by atoms with Crippen molar-refractivity contribution in [1.29, 1.82) is 0 Å². The molecule has 0 aromatic heterocycles. The van der Waals surface area contributed by atoms with Crippen molar-refractivity contribution >= 4 is 11.6 Å². The van der Waals surface area contributed by atoms with Crippen molar-refractivity contribution in [3.05, 3.63) is 23.8 Å². The van der Waals surface area contributed by atoms with E-state index in [1.165, 1.54) is 7.11 Å². The highest BCUT2D eigenvalue weighted by Gasteiger charge is 2.19. The molecule has 0 aliphatic carbocycles. The number of methoxy groups -OCH3 is 1. The van der Waals surface area contributed by atoms with Gasteiger partial charge in [-0.2, -0.15) is 0 Å². The molecule has 98 valence electrons. The fraction of sp³-hybridized carbons (Fsp3) is 0.462. The molecule has 0 saturated carbocycles. The van der Waals surface area contributed by atoms with Crippen LogP contribution in [-0.2, 0) is 4.74 Å². The van der Waals surface area contributed by atoms with E-state index in [1.54, 1.807) is 6.07 Å². The molecule has 1 aliphatic heterocycles. The second kappa shape index (κ2) is 5.73. The van der Waals surface area contributed by atoms with E-state index >= 15 is 0 Å². The van der Waals surface area contributed by atoms with Gasteiger partial charge in [-0.3, -0.25) is 4.79 Å². The van der Waals surface area contributed by atoms with E-state index in [0.29, 0.717) is 17.4 Å². The Kier molecular flexibility index (Phi) is 4.04. The van der Waals surface area contributed by atoms with Crippen LogP contribution in [0.1, 0.15) is 23.2 Å². The zero-order valence-electron chi connectivity index (χ0n) is 10.4. The van der Waals surface area contributed by atoms with Gasteiger partial charge in [0.2, 0.25) is 0 Å². The summed E-state index contributed by atoms with van der Waals surface area (Å²) < 4.78 is 10.5. The van der Waals surface area contributed by atoms with Crippen LogP contribution < -0.4 is 15.8 Å². The van der Waals surface area contributed by atoms with Crippen LogP contribution in [0.25, 0.3) is 0 Å². The molecule has 1 aromatic carbocycles. The summed E-state index contributed by atoms with van der Waals surface area (Å²) in [6.45, 7) is 1.49. The molecule has 1 heterocycles. The molecule has 5 heteroatoms. The molecule has 18 heavy (non-hydrogen) atoms. The normalized spacial score (nSPS) is 16.3. The molecule has 5 nitrogen and oxygen atoms in total. The van der Waals surface area contributed by atoms with Crippen molar-refractivity contribution in [2.24, 2.45) is 5.73 Å². The fourth-order valence-electron chi connectivity index (χ4n) is 2.14. The van der Waals surface area contributed by atoms with Crippen molar-refractivity contribution in [3.8, 4) is 5.75 Å². The Labute approximate surface area is 106 Å². The summed E-state index contributed by atoms with van der Waals surface area (Å²) in [4.78, 5) is 11.5. The minimum Gasteiger partial charge on any atom is -0.496 e. The lowest BCUT2D eigenvalue weighted by Gasteiger charge is -2.25. The van der Waals surface area contributed by atoms with Crippen LogP contribution in [0, 0.1) is 0 Å². The van der Waals surface area contributed by atoms with Crippen LogP contribution in [0.3, 0.4) is 0 Å². The number of nitrogens with two attached hydrogens (primary N) is 1. The highest BCUT2D eigenvalue weighted by atomic mass is 16.5. The number of benzene rings is 1. The number of rotatable bonds is 4. The summed E-state index contributed by atoms with van der Waals surface area (Å²) in [7, 11) is 1.53. The number of carbonyl (C=O) groups is 1. The lowest BCUT2D eigenvalue weighted by Crippen LogP contribution is -2.29. The van der Waals surface area contributed by atoms with Crippen molar-refractivity contribution < 1.29 is 14.3 Å². The number of primary amides is 1. The highest BCUT2D eigenvalue weighted by Crippen LogP contribution is 2.27. The maximum absolute atomic E-state index is 11.5. The van der Waals surface area contributed by atoms with E-state index in [-0.39, 0.29) is 0 Å². The van der Waals surface area contributed by atoms with E-state index in [9.17, 15) is 4.79 Å². The molecule has 1 saturated heterocycles. The monoisotopic (exact) mass is 250 g/mol. The Balaban J connectivity index is 2.23. The van der Waals surface area contributed by atoms with Gasteiger partial charge in [0.1, 0.15) is 11.3 Å². The van der Waals surface area contributed by atoms with Gasteiger partial charge in [-0.05, 0) is 25.0 Å². The van der Waals surface area contributed by atoms with E-state index in [0.717, 1.165) is 31.7 Å². The first-order valence-electron chi connectivity index (χ1n) is 6.03. The van der Waals surface area contributed by atoms with Crippen LogP contribution in [0.5, 0.6) is 5.75 Å². The largest absolute Gasteiger partial charge is 0.496 e. The Hall–Kier alpha value is -1.75. The smallest absolute Gasteiger partial charge is 0.254 e. The molecule has 2 rings (SSSR count). The van der Waals surface area contributed by atoms with Gasteiger partial charge in [0.05, 0.1) is 12.8 Å². The summed E-state index contributed by atoms with van der Waals surface area (Å²) >= 11 is 0. The summed E-state index contributed by atoms with van der Waals surface area (Å²) in [6, 6.07) is 5.73. The second-order valence-corrected chi connectivity index (χ2v) is 4.28. The van der Waals surface area contributed by atoms with Gasteiger partial charge >= 0.3 is 0 Å². The first-order chi connectivity index (χ1) is 8.72. The maximum Gasteiger partial charge on any atom is 0.254 e. The molecule has 0 bridgehead atoms. The standard InChI is InChI=1S/C13H18N2O3/c1-17-11-4-2-3-10(12(11)13(14)16)15-9-5-7-18-8-6-9/h2-4,9,15H,5-8H2,1H3,(H2,14,16). The number of nitrogens with one attached hydrogen (secondary N) is 1. The predicted molar refractivity (Wildman–Crippen MR) is 69.0 cm³/mol. The number of carbonyl (C=O) groups excluding carboxylic acids is 1. The third-order valence-corrected chi connectivity index (χ3v) is 3.07. The molecular weight excluding hydrogens is 232 g/mol. The van der Waals surface area contributed by atoms with Gasteiger partial charge in [0.15, 0.2) is 0 Å². The number of hydrogen-bond donors (Lipinski definition) is 2. The van der Waals surface area contributed by atoms with Crippen molar-refractivity contribution in [3.63, 3.8) is 0 Å². The van der Waals surface area contributed by atoms with Crippen LogP contribution in [-0.4, -0.2) is 32.3 Å². The van der Waals surface area contributed by atoms with Crippen molar-refractivity contribution in [2.75, 3.05) is 25.6 Å². The highest BCUT2D eigenvalue weighted by molar-refractivity contribution is 6.01. The quantitative estimate of drug-likeness (QED) is 0.846. The third kappa shape index (κ3) is 2.73. The van der Waals surface area contributed by atoms with Crippen LogP contribution >= 0.6 is 0 Å². The maximum atomic E-state index is 11.5. The predicted octanol–water partition coefficient (Wildman–Crippen LogP) is 1.38. The SMILES string of the molecule is COc1cccc(NC2CCOCC2)c1C(N)=O. The molecule has 1 aromatic rings. The molecule has 0 spiro atoms. The number of ether oxygens (including phenoxy) is 2. The summed E-state index contributed by atoms with van der Waals surface area (Å²) in [5.41, 5.74) is 6.55. The zero-order chi connectivity index (χ0) is 13.0. The molecule has 1 fully saturated rings. The molecule has 0 unspecified atom stereocenters. The van der Waals surface area contributed by atoms with Gasteiger partial charge in [-0.1, -0.05) is 6.07 Å². The van der Waals surface area contributed by atoms with E-state index in [2.05, 4.69) is 5.32 Å². The third-order valence-electron chi connectivity index (χ3n) is 3.07. The molecule has 1 amide bonds. The van der Waals surface area contributed by atoms with Gasteiger partial charge in [0, 0.05) is 19.3 Å². The minimum atomic E-state index is -0.484. The van der Waals surface area contributed by atoms with Gasteiger partial charge < -0.3 is 20.5 Å². The topological polar surface area (TPSA) is 73.6 Å². The first-order valence-corrected chi connectivity index (χ1v) is 6.03. The lowest BCUT2D eigenvalue weighted by atomic mass is 10.1. The molecule has 0 atom stereocenters. The van der Waals surface area contributed by atoms with Crippen LogP contribution in [0.2, 0.25) is 0 Å². The fourth-order valence-corrected chi connectivity index (χ4v) is 2.14. The molecular formula is C13H18N2O3. The molecule has 3 N–H and O–H groups in total. The van der Waals surface area contributed by atoms with Gasteiger partial charge in [0.25, 0.3) is 5.91 Å². The number of amides is 1. The summed E-state index contributed by atoms with van der Waals surface area (Å²) in [5, 5.41) is 3.34. The minimum absolute atomic E-state index is 0.309. The van der Waals surface area contributed by atoms with E-state index in [1.807, 2.05) is 12.1 Å². The van der Waals surface area contributed by atoms with Crippen molar-refractivity contribution in [2.45, 2.75) is 18.9 Å². The zero-order valence-corrected chi connectivity index (χ0v) is 10.4. The summed E-state index contributed by atoms with van der Waals surface area (Å²) in [5.74, 6) is 0.0153. The average Bonchev–Trinajstić information content (AvgIpc) is 2.39. The Morgan fingerprint density at radius 3 is 2.78 bits per heavy atom.